The topological polar surface area (TPSA) is 66.8 Å². The Morgan fingerprint density at radius 1 is 1.67 bits per heavy atom. The van der Waals surface area contributed by atoms with E-state index < -0.39 is 8.25 Å². The molecule has 1 atom stereocenters. The largest absolute Gasteiger partial charge is 0.435 e. The van der Waals surface area contributed by atoms with E-state index in [0.717, 1.165) is 6.26 Å². The average molecular weight is 152 g/mol. The van der Waals surface area contributed by atoms with Crippen LogP contribution in [0.5, 0.6) is 0 Å². The van der Waals surface area contributed by atoms with Crippen molar-refractivity contribution in [3.05, 3.63) is 12.3 Å². The zero-order valence-electron chi connectivity index (χ0n) is 4.78. The Morgan fingerprint density at radius 3 is 2.78 bits per heavy atom. The lowest BCUT2D eigenvalue weighted by Gasteiger charge is -1.89. The van der Waals surface area contributed by atoms with Gasteiger partial charge in [-0.15, -0.1) is 0 Å². The van der Waals surface area contributed by atoms with Crippen LogP contribution < -0.4 is 0 Å². The van der Waals surface area contributed by atoms with Crippen molar-refractivity contribution in [1.82, 2.24) is 0 Å². The van der Waals surface area contributed by atoms with Gasteiger partial charge < -0.3 is 14.5 Å². The number of hydrogen-bond acceptors (Lipinski definition) is 3. The van der Waals surface area contributed by atoms with E-state index in [1.54, 1.807) is 0 Å². The Labute approximate surface area is 53.7 Å². The molecule has 0 heterocycles. The van der Waals surface area contributed by atoms with Crippen molar-refractivity contribution in [3.8, 4) is 0 Å². The number of aliphatic hydroxyl groups excluding tert-OH is 1. The third-order valence-electron chi connectivity index (χ3n) is 0.561. The summed E-state index contributed by atoms with van der Waals surface area (Å²) in [6.07, 6.45) is 3.02. The molecular weight excluding hydrogens is 143 g/mol. The van der Waals surface area contributed by atoms with E-state index in [0.29, 0.717) is 6.42 Å². The molecule has 0 aliphatic heterocycles. The van der Waals surface area contributed by atoms with Crippen molar-refractivity contribution in [2.45, 2.75) is 6.42 Å². The molecule has 0 saturated heterocycles. The molecule has 2 N–H and O–H groups in total. The molecule has 0 aromatic carbocycles. The van der Waals surface area contributed by atoms with E-state index in [9.17, 15) is 4.57 Å². The molecule has 0 amide bonds. The fourth-order valence-corrected chi connectivity index (χ4v) is 0.462. The van der Waals surface area contributed by atoms with Gasteiger partial charge in [-0.05, 0) is 12.5 Å². The molecule has 54 valence electrons. The second kappa shape index (κ2) is 5.82. The zero-order valence-corrected chi connectivity index (χ0v) is 5.78. The van der Waals surface area contributed by atoms with Gasteiger partial charge in [-0.1, -0.05) is 0 Å². The standard InChI is InChI=1S/C4H9O4P/c5-3-1-2-4-8-9(6)7/h2,4-5,9H,1,3H2,(H,6,7). The second-order valence-electron chi connectivity index (χ2n) is 1.27. The van der Waals surface area contributed by atoms with Crippen molar-refractivity contribution < 1.29 is 19.1 Å². The summed E-state index contributed by atoms with van der Waals surface area (Å²) in [5.41, 5.74) is 0. The maximum atomic E-state index is 9.81. The summed E-state index contributed by atoms with van der Waals surface area (Å²) in [7, 11) is -2.83. The first-order chi connectivity index (χ1) is 4.27. The van der Waals surface area contributed by atoms with E-state index >= 15 is 0 Å². The zero-order chi connectivity index (χ0) is 7.11. The van der Waals surface area contributed by atoms with Crippen LogP contribution in [0.2, 0.25) is 0 Å². The van der Waals surface area contributed by atoms with Crippen LogP contribution in [0.3, 0.4) is 0 Å². The Hall–Kier alpha value is -0.310. The van der Waals surface area contributed by atoms with Gasteiger partial charge in [0.25, 0.3) is 0 Å². The molecule has 0 bridgehead atoms. The molecule has 5 heteroatoms. The molecule has 0 saturated carbocycles. The van der Waals surface area contributed by atoms with Gasteiger partial charge in [-0.25, -0.2) is 4.57 Å². The summed E-state index contributed by atoms with van der Waals surface area (Å²) in [4.78, 5) is 8.06. The molecule has 0 aromatic rings. The van der Waals surface area contributed by atoms with Gasteiger partial charge in [0.2, 0.25) is 0 Å². The highest BCUT2D eigenvalue weighted by Crippen LogP contribution is 2.13. The van der Waals surface area contributed by atoms with E-state index in [-0.39, 0.29) is 6.61 Å². The minimum Gasteiger partial charge on any atom is -0.435 e. The van der Waals surface area contributed by atoms with Crippen molar-refractivity contribution in [2.75, 3.05) is 6.61 Å². The highest BCUT2D eigenvalue weighted by Gasteiger charge is 1.81. The third-order valence-corrected chi connectivity index (χ3v) is 0.899. The van der Waals surface area contributed by atoms with Crippen molar-refractivity contribution in [1.29, 1.82) is 0 Å². The molecule has 0 aromatic heterocycles. The van der Waals surface area contributed by atoms with Gasteiger partial charge in [0.15, 0.2) is 0 Å². The maximum Gasteiger partial charge on any atom is 0.364 e. The minimum absolute atomic E-state index is 0.0201. The van der Waals surface area contributed by atoms with E-state index in [1.807, 2.05) is 0 Å². The Bertz CT molecular complexity index is 111. The van der Waals surface area contributed by atoms with Gasteiger partial charge in [0, 0.05) is 6.61 Å². The summed E-state index contributed by atoms with van der Waals surface area (Å²) in [5, 5.41) is 8.19. The predicted octanol–water partition coefficient (Wildman–Crippen LogP) is 0.281. The van der Waals surface area contributed by atoms with Crippen molar-refractivity contribution in [3.63, 3.8) is 0 Å². The summed E-state index contributed by atoms with van der Waals surface area (Å²) >= 11 is 0. The third kappa shape index (κ3) is 7.69. The van der Waals surface area contributed by atoms with Crippen molar-refractivity contribution in [2.24, 2.45) is 0 Å². The monoisotopic (exact) mass is 152 g/mol. The van der Waals surface area contributed by atoms with Gasteiger partial charge in [-0.3, -0.25) is 0 Å². The smallest absolute Gasteiger partial charge is 0.364 e. The summed E-state index contributed by atoms with van der Waals surface area (Å²) in [6, 6.07) is 0. The number of hydrogen-bond donors (Lipinski definition) is 2. The normalized spacial score (nSPS) is 14.0. The molecule has 0 spiro atoms. The molecule has 0 radical (unpaired) electrons. The summed E-state index contributed by atoms with van der Waals surface area (Å²) < 4.78 is 14.0. The van der Waals surface area contributed by atoms with Crippen LogP contribution in [0.25, 0.3) is 0 Å². The fourth-order valence-electron chi connectivity index (χ4n) is 0.249. The highest BCUT2D eigenvalue weighted by atomic mass is 31.1. The van der Waals surface area contributed by atoms with Gasteiger partial charge in [-0.2, -0.15) is 0 Å². The first-order valence-electron chi connectivity index (χ1n) is 2.43. The first kappa shape index (κ1) is 8.69. The van der Waals surface area contributed by atoms with Crippen LogP contribution in [-0.4, -0.2) is 16.6 Å². The van der Waals surface area contributed by atoms with Crippen LogP contribution >= 0.6 is 8.25 Å². The molecule has 0 rings (SSSR count). The van der Waals surface area contributed by atoms with E-state index in [2.05, 4.69) is 4.52 Å². The van der Waals surface area contributed by atoms with Gasteiger partial charge in [0.1, 0.15) is 0 Å². The van der Waals surface area contributed by atoms with Crippen LogP contribution in [-0.2, 0) is 9.09 Å². The van der Waals surface area contributed by atoms with Crippen LogP contribution in [0, 0.1) is 0 Å². The van der Waals surface area contributed by atoms with Crippen LogP contribution in [0.15, 0.2) is 12.3 Å². The lowest BCUT2D eigenvalue weighted by Crippen LogP contribution is -1.75. The fraction of sp³-hybridized carbons (Fsp3) is 0.500. The average Bonchev–Trinajstić information content (AvgIpc) is 1.80. The molecule has 1 unspecified atom stereocenters. The molecular formula is C4H9O4P. The maximum absolute atomic E-state index is 9.81. The summed E-state index contributed by atoms with van der Waals surface area (Å²) in [6.45, 7) is 0.0201. The number of aliphatic hydroxyl groups is 1. The number of rotatable bonds is 4. The lowest BCUT2D eigenvalue weighted by molar-refractivity contribution is 0.301. The predicted molar refractivity (Wildman–Crippen MR) is 33.1 cm³/mol. The molecule has 0 aliphatic carbocycles. The second-order valence-corrected chi connectivity index (χ2v) is 2.04. The van der Waals surface area contributed by atoms with Crippen molar-refractivity contribution >= 4 is 8.25 Å². The molecule has 9 heavy (non-hydrogen) atoms. The highest BCUT2D eigenvalue weighted by molar-refractivity contribution is 7.32. The Morgan fingerprint density at radius 2 is 2.33 bits per heavy atom. The van der Waals surface area contributed by atoms with E-state index in [4.69, 9.17) is 10.00 Å². The summed E-state index contributed by atoms with van der Waals surface area (Å²) in [5.74, 6) is 0. The SMILES string of the molecule is O=[PH](O)OC=CCCO. The quantitative estimate of drug-likeness (QED) is 0.448. The first-order valence-corrected chi connectivity index (χ1v) is 3.69. The lowest BCUT2D eigenvalue weighted by atomic mass is 10.5. The van der Waals surface area contributed by atoms with Crippen LogP contribution in [0.1, 0.15) is 6.42 Å². The Balaban J connectivity index is 3.14. The van der Waals surface area contributed by atoms with E-state index in [1.165, 1.54) is 6.08 Å². The minimum atomic E-state index is -2.83. The molecule has 4 nitrogen and oxygen atoms in total. The van der Waals surface area contributed by atoms with Gasteiger partial charge >= 0.3 is 8.25 Å². The Kier molecular flexibility index (Phi) is 5.62. The van der Waals surface area contributed by atoms with Crippen LogP contribution in [0.4, 0.5) is 0 Å². The molecule has 0 fully saturated rings. The van der Waals surface area contributed by atoms with Gasteiger partial charge in [0.05, 0.1) is 6.26 Å². The molecule has 0 aliphatic rings.